The van der Waals surface area contributed by atoms with E-state index in [9.17, 15) is 13.6 Å². The van der Waals surface area contributed by atoms with Crippen LogP contribution in [0, 0.1) is 6.92 Å². The maximum Gasteiger partial charge on any atom is 0.251 e. The second-order valence-corrected chi connectivity index (χ2v) is 11.3. The lowest BCUT2D eigenvalue weighted by Gasteiger charge is -2.35. The number of methoxy groups -OCH3 is 2. The average molecular weight is 643 g/mol. The molecule has 0 saturated heterocycles. The second kappa shape index (κ2) is 12.9. The van der Waals surface area contributed by atoms with Gasteiger partial charge in [-0.3, -0.25) is 4.79 Å². The highest BCUT2D eigenvalue weighted by Crippen LogP contribution is 2.46. The van der Waals surface area contributed by atoms with Crippen LogP contribution in [0.5, 0.6) is 11.5 Å². The topological polar surface area (TPSA) is 97.4 Å². The van der Waals surface area contributed by atoms with Crippen LogP contribution >= 0.6 is 23.2 Å². The molecule has 0 unspecified atom stereocenters. The predicted molar refractivity (Wildman–Crippen MR) is 171 cm³/mol. The number of nitrogens with one attached hydrogen (secondary N) is 3. The van der Waals surface area contributed by atoms with Gasteiger partial charge < -0.3 is 25.4 Å². The van der Waals surface area contributed by atoms with Crippen molar-refractivity contribution < 1.29 is 23.0 Å². The van der Waals surface area contributed by atoms with E-state index in [4.69, 9.17) is 32.7 Å². The molecule has 230 valence electrons. The number of hydrogen-bond acceptors (Lipinski definition) is 7. The third kappa shape index (κ3) is 6.72. The fraction of sp³-hybridized carbons (Fsp3) is 0.281. The molecule has 1 fully saturated rings. The summed E-state index contributed by atoms with van der Waals surface area (Å²) in [6, 6.07) is 10.8. The van der Waals surface area contributed by atoms with Crippen molar-refractivity contribution in [3.05, 3.63) is 76.4 Å². The lowest BCUT2D eigenvalue weighted by molar-refractivity contribution is -0.111. The van der Waals surface area contributed by atoms with Gasteiger partial charge in [-0.05, 0) is 60.9 Å². The molecule has 0 atom stereocenters. The van der Waals surface area contributed by atoms with E-state index in [1.54, 1.807) is 12.3 Å². The number of fused-ring (bicyclic) bond motifs is 1. The highest BCUT2D eigenvalue weighted by atomic mass is 35.5. The summed E-state index contributed by atoms with van der Waals surface area (Å²) in [5.74, 6) is -1.76. The average Bonchev–Trinajstić information content (AvgIpc) is 2.98. The molecule has 1 saturated carbocycles. The molecule has 8 nitrogen and oxygen atoms in total. The summed E-state index contributed by atoms with van der Waals surface area (Å²) in [6.07, 6.45) is 3.18. The molecular weight excluding hydrogens is 611 g/mol. The number of amides is 1. The Balaban J connectivity index is 1.40. The van der Waals surface area contributed by atoms with Crippen LogP contribution < -0.4 is 25.4 Å². The van der Waals surface area contributed by atoms with Crippen LogP contribution in [0.3, 0.4) is 0 Å². The minimum Gasteiger partial charge on any atom is -0.495 e. The van der Waals surface area contributed by atoms with E-state index >= 15 is 0 Å². The van der Waals surface area contributed by atoms with E-state index in [0.717, 1.165) is 22.1 Å². The Morgan fingerprint density at radius 2 is 1.82 bits per heavy atom. The van der Waals surface area contributed by atoms with E-state index in [0.29, 0.717) is 62.9 Å². The molecule has 1 amide bonds. The van der Waals surface area contributed by atoms with Gasteiger partial charge in [0.2, 0.25) is 11.9 Å². The zero-order valence-corrected chi connectivity index (χ0v) is 25.9. The van der Waals surface area contributed by atoms with Gasteiger partial charge in [0, 0.05) is 42.1 Å². The van der Waals surface area contributed by atoms with E-state index < -0.39 is 5.92 Å². The largest absolute Gasteiger partial charge is 0.495 e. The Morgan fingerprint density at radius 3 is 2.45 bits per heavy atom. The molecule has 1 aromatic heterocycles. The lowest BCUT2D eigenvalue weighted by Crippen LogP contribution is -2.48. The minimum absolute atomic E-state index is 0.139. The summed E-state index contributed by atoms with van der Waals surface area (Å²) in [5.41, 5.74) is 4.87. The molecule has 1 heterocycles. The lowest BCUT2D eigenvalue weighted by atomic mass is 9.88. The summed E-state index contributed by atoms with van der Waals surface area (Å²) in [4.78, 5) is 21.4. The molecule has 12 heteroatoms. The van der Waals surface area contributed by atoms with Gasteiger partial charge in [0.1, 0.15) is 11.5 Å². The number of hydrogen-bond donors (Lipinski definition) is 3. The fourth-order valence-electron chi connectivity index (χ4n) is 5.18. The van der Waals surface area contributed by atoms with Crippen molar-refractivity contribution >= 4 is 57.3 Å². The van der Waals surface area contributed by atoms with Crippen LogP contribution in [-0.4, -0.2) is 48.6 Å². The van der Waals surface area contributed by atoms with Crippen LogP contribution in [0.25, 0.3) is 22.0 Å². The summed E-state index contributed by atoms with van der Waals surface area (Å²) < 4.78 is 37.1. The quantitative estimate of drug-likeness (QED) is 0.144. The van der Waals surface area contributed by atoms with Gasteiger partial charge in [-0.15, -0.1) is 0 Å². The van der Waals surface area contributed by atoms with E-state index in [-0.39, 0.29) is 24.8 Å². The Kier molecular flexibility index (Phi) is 9.24. The number of alkyl halides is 2. The summed E-state index contributed by atoms with van der Waals surface area (Å²) in [7, 11) is 3.04. The minimum atomic E-state index is -2.57. The standard InChI is InChI=1S/C32H31Cl2F2N5O3/c1-5-26(42)39-23-11-18(8-9-37-21-14-32(35,36)15-21)10-17(2)30(23)41-31-38-16-20-12-19(6-7-22(20)40-31)27-28(33)24(43-3)13-25(44-4)29(27)34/h5-7,10-13,16,21,37H,1,8-9,14-15H2,2-4H3,(H,39,42)(H,38,40,41). The SMILES string of the molecule is C=CC(=O)Nc1cc(CCNC2CC(F)(F)C2)cc(C)c1Nc1ncc2cc(-c3c(Cl)c(OC)cc(OC)c3Cl)ccc2n1. The third-order valence-electron chi connectivity index (χ3n) is 7.45. The number of carbonyl (C=O) groups is 1. The number of carbonyl (C=O) groups excluding carboxylic acids is 1. The zero-order chi connectivity index (χ0) is 31.6. The second-order valence-electron chi connectivity index (χ2n) is 10.6. The number of aromatic nitrogens is 2. The molecule has 4 aromatic rings. The van der Waals surface area contributed by atoms with E-state index in [2.05, 4.69) is 32.5 Å². The number of rotatable bonds is 11. The molecule has 1 aliphatic rings. The first kappa shape index (κ1) is 31.4. The molecule has 5 rings (SSSR count). The first-order chi connectivity index (χ1) is 21.0. The molecule has 0 aliphatic heterocycles. The van der Waals surface area contributed by atoms with Crippen LogP contribution in [0.15, 0.2) is 55.3 Å². The highest BCUT2D eigenvalue weighted by Gasteiger charge is 2.44. The molecule has 0 radical (unpaired) electrons. The number of anilines is 3. The molecule has 1 aliphatic carbocycles. The molecule has 3 aromatic carbocycles. The van der Waals surface area contributed by atoms with Crippen LogP contribution in [0.2, 0.25) is 10.0 Å². The Morgan fingerprint density at radius 1 is 1.11 bits per heavy atom. The summed E-state index contributed by atoms with van der Waals surface area (Å²) >= 11 is 13.2. The van der Waals surface area contributed by atoms with Crippen molar-refractivity contribution in [3.8, 4) is 22.6 Å². The molecule has 0 bridgehead atoms. The first-order valence-electron chi connectivity index (χ1n) is 13.8. The Hall–Kier alpha value is -3.99. The van der Waals surface area contributed by atoms with Crippen LogP contribution in [0.4, 0.5) is 26.1 Å². The number of aryl methyl sites for hydroxylation is 1. The van der Waals surface area contributed by atoms with E-state index in [1.807, 2.05) is 37.3 Å². The zero-order valence-electron chi connectivity index (χ0n) is 24.4. The van der Waals surface area contributed by atoms with Crippen LogP contribution in [-0.2, 0) is 11.2 Å². The molecule has 0 spiro atoms. The number of halogens is 4. The van der Waals surface area contributed by atoms with Gasteiger partial charge in [-0.2, -0.15) is 0 Å². The van der Waals surface area contributed by atoms with Gasteiger partial charge in [-0.1, -0.05) is 41.9 Å². The monoisotopic (exact) mass is 641 g/mol. The van der Waals surface area contributed by atoms with Crippen molar-refractivity contribution in [2.45, 2.75) is 38.2 Å². The molecule has 44 heavy (non-hydrogen) atoms. The number of nitrogens with zero attached hydrogens (tertiary/aromatic N) is 2. The first-order valence-corrected chi connectivity index (χ1v) is 14.6. The highest BCUT2D eigenvalue weighted by molar-refractivity contribution is 6.41. The molecule has 3 N–H and O–H groups in total. The van der Waals surface area contributed by atoms with Gasteiger partial charge in [0.25, 0.3) is 5.92 Å². The third-order valence-corrected chi connectivity index (χ3v) is 8.20. The number of ether oxygens (including phenoxy) is 2. The molecular formula is C32H31Cl2F2N5O3. The normalized spacial score (nSPS) is 14.2. The fourth-order valence-corrected chi connectivity index (χ4v) is 5.90. The Bertz CT molecular complexity index is 1720. The van der Waals surface area contributed by atoms with Crippen LogP contribution in [0.1, 0.15) is 24.0 Å². The predicted octanol–water partition coefficient (Wildman–Crippen LogP) is 7.73. The Labute approximate surface area is 263 Å². The number of benzene rings is 3. The summed E-state index contributed by atoms with van der Waals surface area (Å²) in [5, 5.41) is 10.7. The van der Waals surface area contributed by atoms with Gasteiger partial charge >= 0.3 is 0 Å². The van der Waals surface area contributed by atoms with Crippen molar-refractivity contribution in [3.63, 3.8) is 0 Å². The van der Waals surface area contributed by atoms with Gasteiger partial charge in [0.15, 0.2) is 0 Å². The van der Waals surface area contributed by atoms with Crippen molar-refractivity contribution in [1.29, 1.82) is 0 Å². The van der Waals surface area contributed by atoms with Gasteiger partial charge in [-0.25, -0.2) is 18.7 Å². The van der Waals surface area contributed by atoms with Crippen molar-refractivity contribution in [1.82, 2.24) is 15.3 Å². The van der Waals surface area contributed by atoms with Gasteiger partial charge in [0.05, 0.1) is 41.2 Å². The maximum atomic E-state index is 13.2. The maximum absolute atomic E-state index is 13.2. The van der Waals surface area contributed by atoms with Crippen molar-refractivity contribution in [2.75, 3.05) is 31.4 Å². The summed E-state index contributed by atoms with van der Waals surface area (Å²) in [6.45, 7) is 5.99. The smallest absolute Gasteiger partial charge is 0.251 e. The van der Waals surface area contributed by atoms with E-state index in [1.165, 1.54) is 20.3 Å². The van der Waals surface area contributed by atoms with Crippen molar-refractivity contribution in [2.24, 2.45) is 0 Å².